The van der Waals surface area contributed by atoms with Crippen LogP contribution in [0.25, 0.3) is 0 Å². The summed E-state index contributed by atoms with van der Waals surface area (Å²) in [6, 6.07) is 7.78. The molecule has 1 atom stereocenters. The molecule has 1 heterocycles. The highest BCUT2D eigenvalue weighted by Crippen LogP contribution is 2.12. The van der Waals surface area contributed by atoms with Gasteiger partial charge in [-0.05, 0) is 26.3 Å². The molecule has 1 aromatic rings. The van der Waals surface area contributed by atoms with Crippen molar-refractivity contribution in [1.29, 1.82) is 0 Å². The summed E-state index contributed by atoms with van der Waals surface area (Å²) in [7, 11) is 0. The average molecular weight is 377 g/mol. The smallest absolute Gasteiger partial charge is 0.410 e. The average Bonchev–Trinajstić information content (AvgIpc) is 2.64. The monoisotopic (exact) mass is 377 g/mol. The van der Waals surface area contributed by atoms with Crippen molar-refractivity contribution in [2.24, 2.45) is 5.73 Å². The lowest BCUT2D eigenvalue weighted by Gasteiger charge is -2.36. The van der Waals surface area contributed by atoms with Gasteiger partial charge >= 0.3 is 12.1 Å². The van der Waals surface area contributed by atoms with Crippen LogP contribution in [-0.4, -0.2) is 65.6 Å². The molecule has 0 unspecified atom stereocenters. The molecule has 1 aliphatic heterocycles. The third kappa shape index (κ3) is 6.25. The van der Waals surface area contributed by atoms with Crippen molar-refractivity contribution in [2.75, 3.05) is 26.2 Å². The van der Waals surface area contributed by atoms with Crippen molar-refractivity contribution in [3.63, 3.8) is 0 Å². The van der Waals surface area contributed by atoms with Crippen LogP contribution in [0.1, 0.15) is 26.3 Å². The van der Waals surface area contributed by atoms with Gasteiger partial charge in [-0.3, -0.25) is 4.79 Å². The number of hydrogen-bond donors (Lipinski definition) is 1. The summed E-state index contributed by atoms with van der Waals surface area (Å²) in [5, 5.41) is 0. The molecular formula is C19H27N3O5. The first-order chi connectivity index (χ1) is 12.7. The van der Waals surface area contributed by atoms with Gasteiger partial charge in [0, 0.05) is 26.2 Å². The zero-order valence-electron chi connectivity index (χ0n) is 16.0. The number of carbonyl (C=O) groups excluding carboxylic acids is 3. The Balaban J connectivity index is 1.80. The van der Waals surface area contributed by atoms with E-state index in [0.29, 0.717) is 13.1 Å². The van der Waals surface area contributed by atoms with Gasteiger partial charge in [-0.15, -0.1) is 0 Å². The molecule has 0 spiro atoms. The molecule has 8 nitrogen and oxygen atoms in total. The number of nitrogens with two attached hydrogens (primary N) is 1. The van der Waals surface area contributed by atoms with Gasteiger partial charge in [0.15, 0.2) is 6.04 Å². The zero-order chi connectivity index (χ0) is 20.0. The van der Waals surface area contributed by atoms with E-state index in [4.69, 9.17) is 15.2 Å². The van der Waals surface area contributed by atoms with Crippen molar-refractivity contribution in [3.05, 3.63) is 35.9 Å². The molecule has 1 fully saturated rings. The number of carbonyl (C=O) groups is 3. The molecule has 2 rings (SSSR count). The molecule has 1 aliphatic rings. The molecule has 1 aromatic carbocycles. The van der Waals surface area contributed by atoms with E-state index >= 15 is 0 Å². The maximum absolute atomic E-state index is 12.4. The topological polar surface area (TPSA) is 102 Å². The highest BCUT2D eigenvalue weighted by Gasteiger charge is 2.32. The Labute approximate surface area is 159 Å². The maximum Gasteiger partial charge on any atom is 0.410 e. The standard InChI is InChI=1S/C19H27N3O5/c1-19(2,3)27-18(25)22-11-9-21(10-12-22)16(23)15(20)17(24)26-13-14-7-5-4-6-8-14/h4-8,15H,9-13,20H2,1-3H3/t15-/m1/s1. The predicted molar refractivity (Wildman–Crippen MR) is 98.6 cm³/mol. The molecule has 0 bridgehead atoms. The summed E-state index contributed by atoms with van der Waals surface area (Å²) >= 11 is 0. The second kappa shape index (κ2) is 8.85. The summed E-state index contributed by atoms with van der Waals surface area (Å²) in [5.41, 5.74) is 6.00. The maximum atomic E-state index is 12.4. The highest BCUT2D eigenvalue weighted by atomic mass is 16.6. The second-order valence-corrected chi connectivity index (χ2v) is 7.36. The third-order valence-corrected chi connectivity index (χ3v) is 3.99. The Kier molecular flexibility index (Phi) is 6.79. The Bertz CT molecular complexity index is 664. The Morgan fingerprint density at radius 3 is 2.15 bits per heavy atom. The SMILES string of the molecule is CC(C)(C)OC(=O)N1CCN(C(=O)[C@@H](N)C(=O)OCc2ccccc2)CC1. The fourth-order valence-corrected chi connectivity index (χ4v) is 2.55. The number of hydrogen-bond acceptors (Lipinski definition) is 6. The molecule has 2 N–H and O–H groups in total. The van der Waals surface area contributed by atoms with Crippen LogP contribution in [0.2, 0.25) is 0 Å². The van der Waals surface area contributed by atoms with E-state index in [9.17, 15) is 14.4 Å². The Morgan fingerprint density at radius 1 is 1.04 bits per heavy atom. The molecule has 0 radical (unpaired) electrons. The normalized spacial score (nSPS) is 15.9. The summed E-state index contributed by atoms with van der Waals surface area (Å²) in [5.74, 6) is -1.27. The molecule has 8 heteroatoms. The third-order valence-electron chi connectivity index (χ3n) is 3.99. The van der Waals surface area contributed by atoms with Crippen molar-refractivity contribution in [1.82, 2.24) is 9.80 Å². The van der Waals surface area contributed by atoms with Gasteiger partial charge in [0.25, 0.3) is 5.91 Å². The zero-order valence-corrected chi connectivity index (χ0v) is 16.0. The summed E-state index contributed by atoms with van der Waals surface area (Å²) in [6.45, 7) is 6.68. The van der Waals surface area contributed by atoms with Gasteiger partial charge in [0.1, 0.15) is 12.2 Å². The van der Waals surface area contributed by atoms with Crippen LogP contribution in [0, 0.1) is 0 Å². The fourth-order valence-electron chi connectivity index (χ4n) is 2.55. The summed E-state index contributed by atoms with van der Waals surface area (Å²) in [6.07, 6.45) is -0.416. The van der Waals surface area contributed by atoms with Gasteiger partial charge in [-0.1, -0.05) is 30.3 Å². The molecule has 1 saturated heterocycles. The Morgan fingerprint density at radius 2 is 1.59 bits per heavy atom. The fraction of sp³-hybridized carbons (Fsp3) is 0.526. The molecule has 148 valence electrons. The Hall–Kier alpha value is -2.61. The van der Waals surface area contributed by atoms with Gasteiger partial charge in [0.2, 0.25) is 0 Å². The number of piperazine rings is 1. The lowest BCUT2D eigenvalue weighted by atomic mass is 10.2. The van der Waals surface area contributed by atoms with E-state index in [0.717, 1.165) is 5.56 Å². The second-order valence-electron chi connectivity index (χ2n) is 7.36. The van der Waals surface area contributed by atoms with Gasteiger partial charge < -0.3 is 25.0 Å². The van der Waals surface area contributed by atoms with Gasteiger partial charge in [0.05, 0.1) is 0 Å². The molecule has 0 aromatic heterocycles. The summed E-state index contributed by atoms with van der Waals surface area (Å²) in [4.78, 5) is 39.5. The number of ether oxygens (including phenoxy) is 2. The van der Waals surface area contributed by atoms with Crippen LogP contribution in [0.4, 0.5) is 4.79 Å². The number of nitrogens with zero attached hydrogens (tertiary/aromatic N) is 2. The highest BCUT2D eigenvalue weighted by molar-refractivity contribution is 6.01. The van der Waals surface area contributed by atoms with E-state index in [-0.39, 0.29) is 19.7 Å². The van der Waals surface area contributed by atoms with E-state index in [2.05, 4.69) is 0 Å². The van der Waals surface area contributed by atoms with E-state index in [1.54, 1.807) is 20.8 Å². The van der Waals surface area contributed by atoms with Crippen LogP contribution in [0.15, 0.2) is 30.3 Å². The van der Waals surface area contributed by atoms with E-state index < -0.39 is 29.6 Å². The van der Waals surface area contributed by atoms with Crippen molar-refractivity contribution in [3.8, 4) is 0 Å². The molecular weight excluding hydrogens is 350 g/mol. The minimum Gasteiger partial charge on any atom is -0.459 e. The quantitative estimate of drug-likeness (QED) is 0.623. The lowest BCUT2D eigenvalue weighted by molar-refractivity contribution is -0.153. The van der Waals surface area contributed by atoms with Crippen molar-refractivity contribution < 1.29 is 23.9 Å². The van der Waals surface area contributed by atoms with Crippen LogP contribution in [0.3, 0.4) is 0 Å². The number of esters is 1. The first-order valence-electron chi connectivity index (χ1n) is 8.90. The largest absolute Gasteiger partial charge is 0.459 e. The van der Waals surface area contributed by atoms with Crippen LogP contribution >= 0.6 is 0 Å². The van der Waals surface area contributed by atoms with E-state index in [1.807, 2.05) is 30.3 Å². The van der Waals surface area contributed by atoms with Crippen molar-refractivity contribution >= 4 is 18.0 Å². The number of amides is 2. The molecule has 27 heavy (non-hydrogen) atoms. The minimum absolute atomic E-state index is 0.0626. The number of benzene rings is 1. The number of rotatable bonds is 4. The van der Waals surface area contributed by atoms with Crippen LogP contribution < -0.4 is 5.73 Å². The summed E-state index contributed by atoms with van der Waals surface area (Å²) < 4.78 is 10.4. The predicted octanol–water partition coefficient (Wildman–Crippen LogP) is 1.14. The van der Waals surface area contributed by atoms with Gasteiger partial charge in [-0.25, -0.2) is 9.59 Å². The lowest BCUT2D eigenvalue weighted by Crippen LogP contribution is -2.56. The molecule has 0 saturated carbocycles. The first-order valence-corrected chi connectivity index (χ1v) is 8.90. The van der Waals surface area contributed by atoms with E-state index in [1.165, 1.54) is 9.80 Å². The van der Waals surface area contributed by atoms with Crippen molar-refractivity contribution in [2.45, 2.75) is 39.0 Å². The van der Waals surface area contributed by atoms with Crippen LogP contribution in [-0.2, 0) is 25.7 Å². The molecule has 0 aliphatic carbocycles. The van der Waals surface area contributed by atoms with Gasteiger partial charge in [-0.2, -0.15) is 0 Å². The minimum atomic E-state index is -1.37. The van der Waals surface area contributed by atoms with Crippen LogP contribution in [0.5, 0.6) is 0 Å². The first kappa shape index (κ1) is 20.7. The molecule has 2 amide bonds.